The van der Waals surface area contributed by atoms with E-state index in [2.05, 4.69) is 28.6 Å². The Morgan fingerprint density at radius 1 is 1.32 bits per heavy atom. The number of carbonyl (C=O) groups is 1. The van der Waals surface area contributed by atoms with Gasteiger partial charge in [0.2, 0.25) is 5.91 Å². The molecule has 6 heteroatoms. The SMILES string of the molecule is CN=C(NCC(=O)N1CCCc2ccccc21)NCC1(C)CCCO1. The number of carbonyl (C=O) groups excluding carboxylic acids is 1. The van der Waals surface area contributed by atoms with Crippen molar-refractivity contribution in [2.24, 2.45) is 4.99 Å². The van der Waals surface area contributed by atoms with Crippen LogP contribution >= 0.6 is 0 Å². The van der Waals surface area contributed by atoms with Crippen molar-refractivity contribution in [3.63, 3.8) is 0 Å². The van der Waals surface area contributed by atoms with Crippen LogP contribution in [0.2, 0.25) is 0 Å². The zero-order valence-electron chi connectivity index (χ0n) is 15.2. The van der Waals surface area contributed by atoms with E-state index in [1.165, 1.54) is 5.56 Å². The first-order chi connectivity index (χ1) is 12.1. The highest BCUT2D eigenvalue weighted by molar-refractivity contribution is 5.98. The van der Waals surface area contributed by atoms with Crippen molar-refractivity contribution < 1.29 is 9.53 Å². The molecule has 0 spiro atoms. The largest absolute Gasteiger partial charge is 0.373 e. The van der Waals surface area contributed by atoms with Crippen LogP contribution in [0.4, 0.5) is 5.69 Å². The summed E-state index contributed by atoms with van der Waals surface area (Å²) in [5.74, 6) is 0.703. The number of aliphatic imine (C=N–C) groups is 1. The molecule has 2 aliphatic heterocycles. The summed E-state index contributed by atoms with van der Waals surface area (Å²) in [6.45, 7) is 4.61. The highest BCUT2D eigenvalue weighted by Gasteiger charge is 2.30. The molecule has 3 rings (SSSR count). The summed E-state index contributed by atoms with van der Waals surface area (Å²) in [6.07, 6.45) is 4.18. The molecule has 0 saturated carbocycles. The lowest BCUT2D eigenvalue weighted by molar-refractivity contribution is -0.117. The Kier molecular flexibility index (Phi) is 5.58. The first kappa shape index (κ1) is 17.7. The molecule has 25 heavy (non-hydrogen) atoms. The molecular formula is C19H28N4O2. The maximum absolute atomic E-state index is 12.7. The molecular weight excluding hydrogens is 316 g/mol. The zero-order valence-corrected chi connectivity index (χ0v) is 15.2. The van der Waals surface area contributed by atoms with Crippen LogP contribution < -0.4 is 15.5 Å². The molecule has 1 aromatic carbocycles. The lowest BCUT2D eigenvalue weighted by Crippen LogP contribution is -2.49. The van der Waals surface area contributed by atoms with Gasteiger partial charge in [0.15, 0.2) is 5.96 Å². The Morgan fingerprint density at radius 2 is 2.16 bits per heavy atom. The lowest BCUT2D eigenvalue weighted by atomic mass is 10.0. The number of ether oxygens (including phenoxy) is 1. The van der Waals surface area contributed by atoms with Crippen LogP contribution in [0.1, 0.15) is 31.7 Å². The quantitative estimate of drug-likeness (QED) is 0.644. The number of para-hydroxylation sites is 1. The summed E-state index contributed by atoms with van der Waals surface area (Å²) in [4.78, 5) is 18.7. The Balaban J connectivity index is 1.53. The number of amides is 1. The van der Waals surface area contributed by atoms with Gasteiger partial charge in [0.25, 0.3) is 0 Å². The molecule has 0 radical (unpaired) electrons. The molecule has 1 amide bonds. The van der Waals surface area contributed by atoms with Crippen molar-refractivity contribution in [2.75, 3.05) is 38.2 Å². The number of benzene rings is 1. The van der Waals surface area contributed by atoms with Gasteiger partial charge in [0, 0.05) is 32.4 Å². The number of hydrogen-bond acceptors (Lipinski definition) is 3. The van der Waals surface area contributed by atoms with E-state index in [9.17, 15) is 4.79 Å². The van der Waals surface area contributed by atoms with Crippen molar-refractivity contribution in [2.45, 2.75) is 38.2 Å². The van der Waals surface area contributed by atoms with Crippen molar-refractivity contribution >= 4 is 17.6 Å². The van der Waals surface area contributed by atoms with Crippen LogP contribution in [-0.2, 0) is 16.0 Å². The fourth-order valence-electron chi connectivity index (χ4n) is 3.52. The van der Waals surface area contributed by atoms with E-state index >= 15 is 0 Å². The number of nitrogens with zero attached hydrogens (tertiary/aromatic N) is 2. The Morgan fingerprint density at radius 3 is 2.92 bits per heavy atom. The van der Waals surface area contributed by atoms with E-state index in [0.29, 0.717) is 12.5 Å². The molecule has 1 saturated heterocycles. The second-order valence-electron chi connectivity index (χ2n) is 6.96. The van der Waals surface area contributed by atoms with Gasteiger partial charge in [-0.3, -0.25) is 9.79 Å². The number of rotatable bonds is 4. The summed E-state index contributed by atoms with van der Waals surface area (Å²) in [5, 5.41) is 6.40. The molecule has 2 N–H and O–H groups in total. The second-order valence-corrected chi connectivity index (χ2v) is 6.96. The van der Waals surface area contributed by atoms with Crippen molar-refractivity contribution in [3.8, 4) is 0 Å². The smallest absolute Gasteiger partial charge is 0.246 e. The number of anilines is 1. The first-order valence-electron chi connectivity index (χ1n) is 9.08. The Labute approximate surface area is 149 Å². The van der Waals surface area contributed by atoms with Gasteiger partial charge < -0.3 is 20.3 Å². The minimum Gasteiger partial charge on any atom is -0.373 e. The van der Waals surface area contributed by atoms with Gasteiger partial charge in [-0.2, -0.15) is 0 Å². The molecule has 6 nitrogen and oxygen atoms in total. The number of nitrogens with one attached hydrogen (secondary N) is 2. The van der Waals surface area contributed by atoms with Gasteiger partial charge in [-0.1, -0.05) is 18.2 Å². The molecule has 1 fully saturated rings. The molecule has 0 bridgehead atoms. The second kappa shape index (κ2) is 7.87. The number of aryl methyl sites for hydroxylation is 1. The van der Waals surface area contributed by atoms with Gasteiger partial charge in [-0.25, -0.2) is 0 Å². The van der Waals surface area contributed by atoms with Crippen molar-refractivity contribution in [1.29, 1.82) is 0 Å². The Bertz CT molecular complexity index is 638. The third-order valence-corrected chi connectivity index (χ3v) is 4.97. The summed E-state index contributed by atoms with van der Waals surface area (Å²) in [5.41, 5.74) is 2.14. The van der Waals surface area contributed by atoms with E-state index in [4.69, 9.17) is 4.74 Å². The minimum absolute atomic E-state index is 0.0680. The molecule has 136 valence electrons. The predicted octanol–water partition coefficient (Wildman–Crippen LogP) is 1.70. The molecule has 2 heterocycles. The third kappa shape index (κ3) is 4.31. The topological polar surface area (TPSA) is 66.0 Å². The number of guanidine groups is 1. The average molecular weight is 344 g/mol. The summed E-state index contributed by atoms with van der Waals surface area (Å²) >= 11 is 0. The highest BCUT2D eigenvalue weighted by atomic mass is 16.5. The molecule has 0 aromatic heterocycles. The monoisotopic (exact) mass is 344 g/mol. The minimum atomic E-state index is -0.145. The number of fused-ring (bicyclic) bond motifs is 1. The van der Waals surface area contributed by atoms with Gasteiger partial charge >= 0.3 is 0 Å². The highest BCUT2D eigenvalue weighted by Crippen LogP contribution is 2.26. The summed E-state index contributed by atoms with van der Waals surface area (Å²) in [6, 6.07) is 8.14. The summed E-state index contributed by atoms with van der Waals surface area (Å²) in [7, 11) is 1.72. The van der Waals surface area contributed by atoms with Crippen molar-refractivity contribution in [3.05, 3.63) is 29.8 Å². The van der Waals surface area contributed by atoms with Crippen LogP contribution in [-0.4, -0.2) is 50.8 Å². The molecule has 1 atom stereocenters. The van der Waals surface area contributed by atoms with Crippen LogP contribution in [0.3, 0.4) is 0 Å². The molecule has 2 aliphatic rings. The maximum Gasteiger partial charge on any atom is 0.246 e. The molecule has 1 aromatic rings. The zero-order chi connectivity index (χ0) is 17.7. The van der Waals surface area contributed by atoms with Crippen LogP contribution in [0.25, 0.3) is 0 Å². The van der Waals surface area contributed by atoms with Gasteiger partial charge in [-0.15, -0.1) is 0 Å². The Hall–Kier alpha value is -2.08. The fourth-order valence-corrected chi connectivity index (χ4v) is 3.52. The predicted molar refractivity (Wildman–Crippen MR) is 100 cm³/mol. The molecule has 0 aliphatic carbocycles. The number of hydrogen-bond donors (Lipinski definition) is 2. The van der Waals surface area contributed by atoms with E-state index < -0.39 is 0 Å². The standard InChI is InChI=1S/C19H28N4O2/c1-19(10-6-12-25-19)14-22-18(20-2)21-13-17(24)23-11-5-8-15-7-3-4-9-16(15)23/h3-4,7,9H,5-6,8,10-14H2,1-2H3,(H2,20,21,22). The lowest BCUT2D eigenvalue weighted by Gasteiger charge is -2.30. The van der Waals surface area contributed by atoms with Crippen LogP contribution in [0.15, 0.2) is 29.3 Å². The maximum atomic E-state index is 12.7. The van der Waals surface area contributed by atoms with Gasteiger partial charge in [0.05, 0.1) is 12.1 Å². The first-order valence-corrected chi connectivity index (χ1v) is 9.08. The fraction of sp³-hybridized carbons (Fsp3) is 0.579. The van der Waals surface area contributed by atoms with Gasteiger partial charge in [0.1, 0.15) is 0 Å². The van der Waals surface area contributed by atoms with Crippen LogP contribution in [0, 0.1) is 0 Å². The third-order valence-electron chi connectivity index (χ3n) is 4.97. The van der Waals surface area contributed by atoms with E-state index in [0.717, 1.165) is 44.5 Å². The summed E-state index contributed by atoms with van der Waals surface area (Å²) < 4.78 is 5.77. The van der Waals surface area contributed by atoms with E-state index in [1.54, 1.807) is 7.05 Å². The van der Waals surface area contributed by atoms with Crippen molar-refractivity contribution in [1.82, 2.24) is 10.6 Å². The van der Waals surface area contributed by atoms with E-state index in [1.807, 2.05) is 23.1 Å². The van der Waals surface area contributed by atoms with E-state index in [-0.39, 0.29) is 18.1 Å². The normalized spacial score (nSPS) is 23.3. The molecule has 1 unspecified atom stereocenters. The van der Waals surface area contributed by atoms with Crippen LogP contribution in [0.5, 0.6) is 0 Å². The van der Waals surface area contributed by atoms with Gasteiger partial charge in [-0.05, 0) is 44.2 Å². The average Bonchev–Trinajstić information content (AvgIpc) is 3.08.